The summed E-state index contributed by atoms with van der Waals surface area (Å²) in [6.45, 7) is 5.37. The molecule has 0 amide bonds. The van der Waals surface area contributed by atoms with Crippen LogP contribution in [0.2, 0.25) is 0 Å². The van der Waals surface area contributed by atoms with E-state index in [0.717, 1.165) is 6.54 Å². The zero-order valence-electron chi connectivity index (χ0n) is 8.51. The first kappa shape index (κ1) is 9.81. The normalized spacial score (nSPS) is 46.6. The fraction of sp³-hybridized carbons (Fsp3) is 1.00. The Hall–Kier alpha value is 0.270. The molecule has 76 valence electrons. The second-order valence-electron chi connectivity index (χ2n) is 4.33. The summed E-state index contributed by atoms with van der Waals surface area (Å²) >= 11 is 2.07. The maximum Gasteiger partial charge on any atom is 0.120 e. The first-order valence-corrected chi connectivity index (χ1v) is 6.37. The van der Waals surface area contributed by atoms with Gasteiger partial charge in [0.2, 0.25) is 0 Å². The smallest absolute Gasteiger partial charge is 0.120 e. The summed E-state index contributed by atoms with van der Waals surface area (Å²) in [6.07, 6.45) is 3.06. The molecule has 3 atom stereocenters. The van der Waals surface area contributed by atoms with E-state index in [1.54, 1.807) is 0 Å². The summed E-state index contributed by atoms with van der Waals surface area (Å²) in [6, 6.07) is 0. The Morgan fingerprint density at radius 1 is 1.54 bits per heavy atom. The van der Waals surface area contributed by atoms with Gasteiger partial charge in [0.05, 0.1) is 6.10 Å². The Kier molecular flexibility index (Phi) is 2.86. The van der Waals surface area contributed by atoms with Crippen LogP contribution in [-0.2, 0) is 4.74 Å². The van der Waals surface area contributed by atoms with Crippen LogP contribution in [-0.4, -0.2) is 29.9 Å². The van der Waals surface area contributed by atoms with Crippen molar-refractivity contribution < 1.29 is 4.74 Å². The van der Waals surface area contributed by atoms with E-state index >= 15 is 0 Å². The van der Waals surface area contributed by atoms with Gasteiger partial charge in [-0.2, -0.15) is 11.8 Å². The standard InChI is InChI=1S/C10H19NOS/c1-8-6-11-10(2,12-8)9-4-3-5-13-7-9/h8-9,11H,3-7H2,1-2H3. The van der Waals surface area contributed by atoms with E-state index < -0.39 is 0 Å². The van der Waals surface area contributed by atoms with Crippen LogP contribution in [0.5, 0.6) is 0 Å². The van der Waals surface area contributed by atoms with Gasteiger partial charge in [0.15, 0.2) is 0 Å². The molecular formula is C10H19NOS. The number of hydrogen-bond donors (Lipinski definition) is 1. The van der Waals surface area contributed by atoms with E-state index in [1.165, 1.54) is 24.3 Å². The molecule has 13 heavy (non-hydrogen) atoms. The number of thioether (sulfide) groups is 1. The summed E-state index contributed by atoms with van der Waals surface area (Å²) in [5, 5.41) is 3.52. The molecule has 0 saturated carbocycles. The van der Waals surface area contributed by atoms with Crippen LogP contribution in [0.1, 0.15) is 26.7 Å². The highest BCUT2D eigenvalue weighted by atomic mass is 32.2. The fourth-order valence-corrected chi connectivity index (χ4v) is 3.57. The topological polar surface area (TPSA) is 21.3 Å². The van der Waals surface area contributed by atoms with Gasteiger partial charge in [-0.05, 0) is 32.4 Å². The van der Waals surface area contributed by atoms with Crippen molar-refractivity contribution in [1.29, 1.82) is 0 Å². The number of rotatable bonds is 1. The Bertz CT molecular complexity index is 182. The zero-order valence-corrected chi connectivity index (χ0v) is 9.32. The molecule has 0 aliphatic carbocycles. The van der Waals surface area contributed by atoms with Crippen molar-refractivity contribution in [2.45, 2.75) is 38.5 Å². The Morgan fingerprint density at radius 2 is 2.38 bits per heavy atom. The summed E-state index contributed by atoms with van der Waals surface area (Å²) in [5.74, 6) is 3.30. The molecule has 0 bridgehead atoms. The van der Waals surface area contributed by atoms with Crippen LogP contribution in [0.25, 0.3) is 0 Å². The molecule has 2 aliphatic heterocycles. The number of nitrogens with one attached hydrogen (secondary N) is 1. The van der Waals surface area contributed by atoms with E-state index in [0.29, 0.717) is 12.0 Å². The molecular weight excluding hydrogens is 182 g/mol. The second-order valence-corrected chi connectivity index (χ2v) is 5.48. The van der Waals surface area contributed by atoms with Gasteiger partial charge in [0.25, 0.3) is 0 Å². The molecule has 0 aromatic rings. The van der Waals surface area contributed by atoms with E-state index in [1.807, 2.05) is 0 Å². The minimum absolute atomic E-state index is 0.0349. The fourth-order valence-electron chi connectivity index (χ4n) is 2.26. The van der Waals surface area contributed by atoms with E-state index in [9.17, 15) is 0 Å². The summed E-state index contributed by atoms with van der Waals surface area (Å²) in [4.78, 5) is 0. The maximum atomic E-state index is 5.96. The highest BCUT2D eigenvalue weighted by Crippen LogP contribution is 2.34. The van der Waals surface area contributed by atoms with Crippen molar-refractivity contribution in [2.75, 3.05) is 18.1 Å². The highest BCUT2D eigenvalue weighted by molar-refractivity contribution is 7.99. The monoisotopic (exact) mass is 201 g/mol. The van der Waals surface area contributed by atoms with Gasteiger partial charge in [-0.25, -0.2) is 0 Å². The lowest BCUT2D eigenvalue weighted by molar-refractivity contribution is -0.0681. The predicted octanol–water partition coefficient (Wildman–Crippen LogP) is 1.85. The van der Waals surface area contributed by atoms with E-state index in [4.69, 9.17) is 4.74 Å². The molecule has 2 saturated heterocycles. The van der Waals surface area contributed by atoms with Crippen LogP contribution < -0.4 is 5.32 Å². The van der Waals surface area contributed by atoms with Crippen LogP contribution in [0.4, 0.5) is 0 Å². The molecule has 2 fully saturated rings. The van der Waals surface area contributed by atoms with E-state index in [2.05, 4.69) is 30.9 Å². The summed E-state index contributed by atoms with van der Waals surface area (Å²) < 4.78 is 5.96. The molecule has 3 heteroatoms. The Labute approximate surface area is 84.8 Å². The molecule has 3 unspecified atom stereocenters. The minimum Gasteiger partial charge on any atom is -0.356 e. The molecule has 0 aromatic carbocycles. The molecule has 1 N–H and O–H groups in total. The second kappa shape index (κ2) is 3.79. The van der Waals surface area contributed by atoms with Crippen molar-refractivity contribution in [3.63, 3.8) is 0 Å². The lowest BCUT2D eigenvalue weighted by atomic mass is 9.94. The Balaban J connectivity index is 1.97. The molecule has 2 nitrogen and oxygen atoms in total. The van der Waals surface area contributed by atoms with Crippen LogP contribution in [0, 0.1) is 5.92 Å². The van der Waals surface area contributed by atoms with Gasteiger partial charge in [0.1, 0.15) is 5.72 Å². The SMILES string of the molecule is CC1CNC(C)(C2CCCSC2)O1. The van der Waals surface area contributed by atoms with Gasteiger partial charge in [-0.15, -0.1) is 0 Å². The molecule has 0 radical (unpaired) electrons. The first-order chi connectivity index (χ1) is 6.21. The predicted molar refractivity (Wildman–Crippen MR) is 57.0 cm³/mol. The van der Waals surface area contributed by atoms with Crippen LogP contribution in [0.3, 0.4) is 0 Å². The highest BCUT2D eigenvalue weighted by Gasteiger charge is 2.41. The van der Waals surface area contributed by atoms with Crippen molar-refractivity contribution in [3.05, 3.63) is 0 Å². The summed E-state index contributed by atoms with van der Waals surface area (Å²) in [5.41, 5.74) is -0.0349. The third kappa shape index (κ3) is 2.03. The molecule has 0 aromatic heterocycles. The number of hydrogen-bond acceptors (Lipinski definition) is 3. The van der Waals surface area contributed by atoms with Gasteiger partial charge in [-0.1, -0.05) is 0 Å². The average molecular weight is 201 g/mol. The summed E-state index contributed by atoms with van der Waals surface area (Å²) in [7, 11) is 0. The van der Waals surface area contributed by atoms with E-state index in [-0.39, 0.29) is 5.72 Å². The first-order valence-electron chi connectivity index (χ1n) is 5.21. The third-order valence-electron chi connectivity index (χ3n) is 3.13. The third-order valence-corrected chi connectivity index (χ3v) is 4.34. The Morgan fingerprint density at radius 3 is 2.92 bits per heavy atom. The minimum atomic E-state index is -0.0349. The lowest BCUT2D eigenvalue weighted by Crippen LogP contribution is -2.47. The lowest BCUT2D eigenvalue weighted by Gasteiger charge is -2.36. The van der Waals surface area contributed by atoms with Gasteiger partial charge >= 0.3 is 0 Å². The van der Waals surface area contributed by atoms with Crippen LogP contribution in [0.15, 0.2) is 0 Å². The zero-order chi connectivity index (χ0) is 9.31. The van der Waals surface area contributed by atoms with Crippen molar-refractivity contribution >= 4 is 11.8 Å². The van der Waals surface area contributed by atoms with Crippen molar-refractivity contribution in [3.8, 4) is 0 Å². The van der Waals surface area contributed by atoms with Gasteiger partial charge < -0.3 is 4.74 Å². The van der Waals surface area contributed by atoms with Crippen LogP contribution >= 0.6 is 11.8 Å². The largest absolute Gasteiger partial charge is 0.356 e. The van der Waals surface area contributed by atoms with Gasteiger partial charge in [-0.3, -0.25) is 5.32 Å². The number of ether oxygens (including phenoxy) is 1. The molecule has 0 spiro atoms. The van der Waals surface area contributed by atoms with Crippen molar-refractivity contribution in [1.82, 2.24) is 5.32 Å². The quantitative estimate of drug-likeness (QED) is 0.699. The molecule has 2 heterocycles. The molecule has 2 rings (SSSR count). The van der Waals surface area contributed by atoms with Gasteiger partial charge in [0, 0.05) is 18.2 Å². The maximum absolute atomic E-state index is 5.96. The average Bonchev–Trinajstić information content (AvgIpc) is 2.49. The van der Waals surface area contributed by atoms with Crippen molar-refractivity contribution in [2.24, 2.45) is 5.92 Å². The molecule has 2 aliphatic rings.